The Hall–Kier alpha value is -2.30. The van der Waals surface area contributed by atoms with Gasteiger partial charge in [-0.25, -0.2) is 0 Å². The molecule has 158 valence electrons. The third kappa shape index (κ3) is 5.05. The third-order valence-electron chi connectivity index (χ3n) is 4.11. The number of carbonyl (C=O) groups excluding carboxylic acids is 1. The maximum Gasteiger partial charge on any atom is 0.416 e. The summed E-state index contributed by atoms with van der Waals surface area (Å²) >= 11 is 12.2. The largest absolute Gasteiger partial charge is 0.481 e. The van der Waals surface area contributed by atoms with Gasteiger partial charge >= 0.3 is 12.1 Å². The molecule has 5 nitrogen and oxygen atoms in total. The molecular weight excluding hydrogens is 463 g/mol. The van der Waals surface area contributed by atoms with E-state index in [4.69, 9.17) is 33.3 Å². The number of amides is 1. The lowest BCUT2D eigenvalue weighted by atomic mass is 10.1. The van der Waals surface area contributed by atoms with Crippen LogP contribution in [0.1, 0.15) is 24.2 Å². The van der Waals surface area contributed by atoms with Gasteiger partial charge in [0.05, 0.1) is 15.5 Å². The van der Waals surface area contributed by atoms with Gasteiger partial charge in [0.1, 0.15) is 15.8 Å². The van der Waals surface area contributed by atoms with Gasteiger partial charge in [0.25, 0.3) is 5.91 Å². The number of hydrogen-bond acceptors (Lipinski definition) is 5. The average Bonchev–Trinajstić information content (AvgIpc) is 3.21. The van der Waals surface area contributed by atoms with Gasteiger partial charge in [0, 0.05) is 24.6 Å². The zero-order valence-corrected chi connectivity index (χ0v) is 17.4. The van der Waals surface area contributed by atoms with Crippen molar-refractivity contribution in [3.8, 4) is 11.3 Å². The molecule has 0 aliphatic carbocycles. The van der Waals surface area contributed by atoms with Crippen molar-refractivity contribution in [2.45, 2.75) is 19.0 Å². The number of hydrogen-bond donors (Lipinski definition) is 1. The van der Waals surface area contributed by atoms with Gasteiger partial charge < -0.3 is 9.52 Å². The predicted octanol–water partition coefficient (Wildman–Crippen LogP) is 5.68. The Bertz CT molecular complexity index is 1050. The fourth-order valence-corrected chi connectivity index (χ4v) is 4.18. The van der Waals surface area contributed by atoms with Crippen molar-refractivity contribution in [2.75, 3.05) is 6.54 Å². The van der Waals surface area contributed by atoms with Crippen LogP contribution in [0.2, 0.25) is 5.02 Å². The molecule has 0 spiro atoms. The number of thioether (sulfide) groups is 1. The number of alkyl halides is 3. The quantitative estimate of drug-likeness (QED) is 0.428. The fourth-order valence-electron chi connectivity index (χ4n) is 2.68. The molecule has 1 aromatic heterocycles. The van der Waals surface area contributed by atoms with Crippen LogP contribution in [0.3, 0.4) is 0 Å². The molecule has 1 saturated heterocycles. The lowest BCUT2D eigenvalue weighted by Gasteiger charge is -2.13. The Morgan fingerprint density at radius 2 is 2.03 bits per heavy atom. The first kappa shape index (κ1) is 22.4. The second-order valence-corrected chi connectivity index (χ2v) is 8.31. The van der Waals surface area contributed by atoms with Crippen LogP contribution < -0.4 is 0 Å². The summed E-state index contributed by atoms with van der Waals surface area (Å²) in [4.78, 5) is 24.7. The second kappa shape index (κ2) is 8.83. The van der Waals surface area contributed by atoms with E-state index in [0.717, 1.165) is 30.0 Å². The summed E-state index contributed by atoms with van der Waals surface area (Å²) in [5, 5.41) is 8.80. The Morgan fingerprint density at radius 3 is 2.70 bits per heavy atom. The number of rotatable bonds is 6. The summed E-state index contributed by atoms with van der Waals surface area (Å²) in [5.41, 5.74) is -0.783. The van der Waals surface area contributed by atoms with Crippen molar-refractivity contribution in [3.05, 3.63) is 51.6 Å². The zero-order valence-electron chi connectivity index (χ0n) is 15.0. The minimum Gasteiger partial charge on any atom is -0.481 e. The van der Waals surface area contributed by atoms with Crippen LogP contribution in [0, 0.1) is 0 Å². The third-order valence-corrected chi connectivity index (χ3v) is 5.81. The Balaban J connectivity index is 1.80. The summed E-state index contributed by atoms with van der Waals surface area (Å²) in [5.74, 6) is -0.989. The van der Waals surface area contributed by atoms with Crippen LogP contribution >= 0.6 is 35.6 Å². The molecule has 0 unspecified atom stereocenters. The van der Waals surface area contributed by atoms with E-state index < -0.39 is 17.7 Å². The summed E-state index contributed by atoms with van der Waals surface area (Å²) in [6.07, 6.45) is -2.92. The fraction of sp³-hybridized carbons (Fsp3) is 0.211. The highest BCUT2D eigenvalue weighted by Crippen LogP contribution is 2.38. The Labute approximate surface area is 183 Å². The maximum atomic E-state index is 13.0. The van der Waals surface area contributed by atoms with Crippen molar-refractivity contribution < 1.29 is 32.3 Å². The second-order valence-electron chi connectivity index (χ2n) is 6.23. The molecule has 1 aliphatic heterocycles. The molecule has 3 rings (SSSR count). The first-order valence-electron chi connectivity index (χ1n) is 8.50. The van der Waals surface area contributed by atoms with Gasteiger partial charge in [-0.1, -0.05) is 35.6 Å². The van der Waals surface area contributed by atoms with E-state index in [1.807, 2.05) is 0 Å². The van der Waals surface area contributed by atoms with Crippen molar-refractivity contribution in [3.63, 3.8) is 0 Å². The molecule has 0 radical (unpaired) electrons. The highest BCUT2D eigenvalue weighted by atomic mass is 35.5. The van der Waals surface area contributed by atoms with E-state index in [-0.39, 0.29) is 52.3 Å². The number of aliphatic carboxylic acids is 1. The standard InChI is InChI=1S/C19H13ClF3NO4S2/c20-13-5-3-10(19(21,22)23)8-12(13)14-6-4-11(28-14)9-15-17(27)24(18(29)30-15)7-1-2-16(25)26/h3-6,8-9H,1-2,7H2,(H,25,26). The molecule has 1 N–H and O–H groups in total. The topological polar surface area (TPSA) is 70.8 Å². The number of nitrogens with zero attached hydrogens (tertiary/aromatic N) is 1. The number of carboxylic acids is 1. The minimum atomic E-state index is -4.52. The molecule has 1 aliphatic rings. The van der Waals surface area contributed by atoms with E-state index in [9.17, 15) is 22.8 Å². The van der Waals surface area contributed by atoms with Crippen LogP contribution in [-0.2, 0) is 15.8 Å². The van der Waals surface area contributed by atoms with Crippen LogP contribution in [0.5, 0.6) is 0 Å². The van der Waals surface area contributed by atoms with E-state index in [1.165, 1.54) is 23.1 Å². The molecule has 2 heterocycles. The van der Waals surface area contributed by atoms with E-state index in [0.29, 0.717) is 4.32 Å². The SMILES string of the molecule is O=C(O)CCCN1C(=O)C(=Cc2ccc(-c3cc(C(F)(F)F)ccc3Cl)o2)SC1=S. The molecule has 11 heteroatoms. The highest BCUT2D eigenvalue weighted by molar-refractivity contribution is 8.26. The van der Waals surface area contributed by atoms with Gasteiger partial charge in [-0.05, 0) is 36.8 Å². The molecule has 30 heavy (non-hydrogen) atoms. The van der Waals surface area contributed by atoms with Crippen LogP contribution in [-0.4, -0.2) is 32.7 Å². The molecule has 1 amide bonds. The molecule has 0 bridgehead atoms. The summed E-state index contributed by atoms with van der Waals surface area (Å²) < 4.78 is 44.8. The van der Waals surface area contributed by atoms with E-state index >= 15 is 0 Å². The maximum absolute atomic E-state index is 13.0. The normalized spacial score (nSPS) is 16.0. The number of carbonyl (C=O) groups is 2. The average molecular weight is 476 g/mol. The van der Waals surface area contributed by atoms with Crippen LogP contribution in [0.25, 0.3) is 17.4 Å². The lowest BCUT2D eigenvalue weighted by molar-refractivity contribution is -0.138. The Kier molecular flexibility index (Phi) is 6.59. The van der Waals surface area contributed by atoms with E-state index in [2.05, 4.69) is 0 Å². The minimum absolute atomic E-state index is 0.0763. The van der Waals surface area contributed by atoms with Gasteiger partial charge in [-0.2, -0.15) is 13.2 Å². The van der Waals surface area contributed by atoms with Gasteiger partial charge in [-0.15, -0.1) is 0 Å². The molecule has 0 atom stereocenters. The summed E-state index contributed by atoms with van der Waals surface area (Å²) in [7, 11) is 0. The number of carboxylic acid groups (broad SMARTS) is 1. The molecule has 0 saturated carbocycles. The van der Waals surface area contributed by atoms with Gasteiger partial charge in [-0.3, -0.25) is 14.5 Å². The number of benzene rings is 1. The zero-order chi connectivity index (χ0) is 22.1. The monoisotopic (exact) mass is 475 g/mol. The molecule has 2 aromatic rings. The molecule has 1 aromatic carbocycles. The molecule has 1 fully saturated rings. The Morgan fingerprint density at radius 1 is 1.30 bits per heavy atom. The number of halogens is 4. The smallest absolute Gasteiger partial charge is 0.416 e. The highest BCUT2D eigenvalue weighted by Gasteiger charge is 2.33. The van der Waals surface area contributed by atoms with E-state index in [1.54, 1.807) is 0 Å². The summed E-state index contributed by atoms with van der Waals surface area (Å²) in [6, 6.07) is 5.88. The number of furan rings is 1. The van der Waals surface area contributed by atoms with Crippen LogP contribution in [0.4, 0.5) is 13.2 Å². The lowest BCUT2D eigenvalue weighted by Crippen LogP contribution is -2.29. The first-order chi connectivity index (χ1) is 14.1. The molecular formula is C19H13ClF3NO4S2. The van der Waals surface area contributed by atoms with Crippen molar-refractivity contribution >= 4 is 57.9 Å². The van der Waals surface area contributed by atoms with Crippen LogP contribution in [0.15, 0.2) is 39.7 Å². The van der Waals surface area contributed by atoms with Crippen molar-refractivity contribution in [1.29, 1.82) is 0 Å². The van der Waals surface area contributed by atoms with Crippen molar-refractivity contribution in [2.24, 2.45) is 0 Å². The predicted molar refractivity (Wildman–Crippen MR) is 111 cm³/mol. The van der Waals surface area contributed by atoms with Crippen molar-refractivity contribution in [1.82, 2.24) is 4.90 Å². The summed E-state index contributed by atoms with van der Waals surface area (Å²) in [6.45, 7) is 0.178. The van der Waals surface area contributed by atoms with Gasteiger partial charge in [0.2, 0.25) is 0 Å². The first-order valence-corrected chi connectivity index (χ1v) is 10.1. The number of thiocarbonyl (C=S) groups is 1. The van der Waals surface area contributed by atoms with Gasteiger partial charge in [0.15, 0.2) is 0 Å².